The first kappa shape index (κ1) is 17.3. The van der Waals surface area contributed by atoms with Crippen molar-refractivity contribution < 1.29 is 14.3 Å². The predicted octanol–water partition coefficient (Wildman–Crippen LogP) is 3.25. The summed E-state index contributed by atoms with van der Waals surface area (Å²) in [4.78, 5) is 24.1. The Hall–Kier alpha value is -2.04. The van der Waals surface area contributed by atoms with Gasteiger partial charge < -0.3 is 15.4 Å². The lowest BCUT2D eigenvalue weighted by molar-refractivity contribution is -0.127. The van der Waals surface area contributed by atoms with Crippen molar-refractivity contribution in [3.63, 3.8) is 0 Å². The standard InChI is InChI=1S/C18H26N2O3/c1-2-23-16-12-8-7-11-15(16)20-18(22)13-17(21)19-14-9-5-3-4-6-10-14/h7-8,11-12,14H,2-6,9-10,13H2,1H3,(H,19,21)(H,20,22). The van der Waals surface area contributed by atoms with Gasteiger partial charge in [-0.3, -0.25) is 9.59 Å². The Bertz CT molecular complexity index is 523. The predicted molar refractivity (Wildman–Crippen MR) is 90.5 cm³/mol. The average Bonchev–Trinajstić information content (AvgIpc) is 2.78. The minimum absolute atomic E-state index is 0.156. The van der Waals surface area contributed by atoms with Gasteiger partial charge in [-0.15, -0.1) is 0 Å². The Balaban J connectivity index is 1.83. The van der Waals surface area contributed by atoms with E-state index in [1.54, 1.807) is 12.1 Å². The van der Waals surface area contributed by atoms with Crippen molar-refractivity contribution in [2.75, 3.05) is 11.9 Å². The highest BCUT2D eigenvalue weighted by Crippen LogP contribution is 2.23. The number of para-hydroxylation sites is 2. The van der Waals surface area contributed by atoms with Crippen LogP contribution in [0.5, 0.6) is 5.75 Å². The van der Waals surface area contributed by atoms with Gasteiger partial charge in [0.15, 0.2) is 0 Å². The molecule has 1 fully saturated rings. The highest BCUT2D eigenvalue weighted by atomic mass is 16.5. The number of carbonyl (C=O) groups excluding carboxylic acids is 2. The zero-order chi connectivity index (χ0) is 16.5. The van der Waals surface area contributed by atoms with Crippen molar-refractivity contribution >= 4 is 17.5 Å². The Morgan fingerprint density at radius 2 is 1.78 bits per heavy atom. The first-order valence-corrected chi connectivity index (χ1v) is 8.50. The Morgan fingerprint density at radius 1 is 1.09 bits per heavy atom. The highest BCUT2D eigenvalue weighted by Gasteiger charge is 2.17. The number of rotatable bonds is 6. The molecular weight excluding hydrogens is 292 g/mol. The van der Waals surface area contributed by atoms with E-state index in [4.69, 9.17) is 4.74 Å². The number of hydrogen-bond acceptors (Lipinski definition) is 3. The number of carbonyl (C=O) groups is 2. The van der Waals surface area contributed by atoms with Crippen molar-refractivity contribution in [3.05, 3.63) is 24.3 Å². The van der Waals surface area contributed by atoms with E-state index in [-0.39, 0.29) is 24.3 Å². The largest absolute Gasteiger partial charge is 0.492 e. The minimum atomic E-state index is -0.316. The van der Waals surface area contributed by atoms with Crippen LogP contribution in [0.2, 0.25) is 0 Å². The third-order valence-electron chi connectivity index (χ3n) is 4.00. The van der Waals surface area contributed by atoms with Crippen LogP contribution in [-0.2, 0) is 9.59 Å². The molecule has 1 aliphatic carbocycles. The second-order valence-electron chi connectivity index (χ2n) is 5.91. The number of benzene rings is 1. The molecule has 0 aromatic heterocycles. The number of nitrogens with one attached hydrogen (secondary N) is 2. The summed E-state index contributed by atoms with van der Waals surface area (Å²) in [7, 11) is 0. The number of hydrogen-bond donors (Lipinski definition) is 2. The van der Waals surface area contributed by atoms with Gasteiger partial charge in [0.25, 0.3) is 0 Å². The molecule has 2 rings (SSSR count). The van der Waals surface area contributed by atoms with Gasteiger partial charge in [0.05, 0.1) is 12.3 Å². The zero-order valence-corrected chi connectivity index (χ0v) is 13.8. The Labute approximate surface area is 137 Å². The third kappa shape index (κ3) is 5.93. The summed E-state index contributed by atoms with van der Waals surface area (Å²) >= 11 is 0. The first-order valence-electron chi connectivity index (χ1n) is 8.50. The van der Waals surface area contributed by atoms with Gasteiger partial charge in [-0.25, -0.2) is 0 Å². The van der Waals surface area contributed by atoms with Gasteiger partial charge in [0, 0.05) is 6.04 Å². The van der Waals surface area contributed by atoms with E-state index in [9.17, 15) is 9.59 Å². The molecule has 1 aromatic rings. The maximum absolute atomic E-state index is 12.1. The van der Waals surface area contributed by atoms with Crippen LogP contribution in [0.4, 0.5) is 5.69 Å². The van der Waals surface area contributed by atoms with Crippen LogP contribution in [-0.4, -0.2) is 24.5 Å². The molecule has 0 heterocycles. The Kier molecular flexibility index (Phi) is 6.91. The third-order valence-corrected chi connectivity index (χ3v) is 4.00. The molecule has 0 saturated heterocycles. The molecule has 0 bridgehead atoms. The lowest BCUT2D eigenvalue weighted by Gasteiger charge is -2.16. The van der Waals surface area contributed by atoms with Gasteiger partial charge in [-0.05, 0) is 31.9 Å². The molecule has 1 aliphatic rings. The van der Waals surface area contributed by atoms with Gasteiger partial charge in [0.2, 0.25) is 11.8 Å². The lowest BCUT2D eigenvalue weighted by Crippen LogP contribution is -2.36. The smallest absolute Gasteiger partial charge is 0.233 e. The van der Waals surface area contributed by atoms with Crippen LogP contribution >= 0.6 is 0 Å². The minimum Gasteiger partial charge on any atom is -0.492 e. The number of anilines is 1. The normalized spacial score (nSPS) is 15.5. The van der Waals surface area contributed by atoms with Crippen LogP contribution in [0.15, 0.2) is 24.3 Å². The fraction of sp³-hybridized carbons (Fsp3) is 0.556. The molecule has 126 valence electrons. The maximum Gasteiger partial charge on any atom is 0.233 e. The van der Waals surface area contributed by atoms with Crippen molar-refractivity contribution in [2.45, 2.75) is 57.9 Å². The summed E-state index contributed by atoms with van der Waals surface area (Å²) < 4.78 is 5.46. The van der Waals surface area contributed by atoms with Gasteiger partial charge in [0.1, 0.15) is 12.2 Å². The molecule has 1 saturated carbocycles. The molecule has 1 aromatic carbocycles. The number of ether oxygens (including phenoxy) is 1. The molecule has 2 amide bonds. The van der Waals surface area contributed by atoms with Crippen molar-refractivity contribution in [1.82, 2.24) is 5.32 Å². The first-order chi connectivity index (χ1) is 11.2. The summed E-state index contributed by atoms with van der Waals surface area (Å²) in [5.74, 6) is 0.0964. The SMILES string of the molecule is CCOc1ccccc1NC(=O)CC(=O)NC1CCCCCC1. The quantitative estimate of drug-likeness (QED) is 0.625. The van der Waals surface area contributed by atoms with E-state index in [0.29, 0.717) is 18.0 Å². The van der Waals surface area contributed by atoms with Crippen LogP contribution in [0.25, 0.3) is 0 Å². The summed E-state index contributed by atoms with van der Waals surface area (Å²) in [6, 6.07) is 7.45. The van der Waals surface area contributed by atoms with Crippen molar-refractivity contribution in [2.24, 2.45) is 0 Å². The van der Waals surface area contributed by atoms with Crippen LogP contribution in [0.1, 0.15) is 51.9 Å². The Morgan fingerprint density at radius 3 is 2.48 bits per heavy atom. The number of amides is 2. The van der Waals surface area contributed by atoms with E-state index >= 15 is 0 Å². The van der Waals surface area contributed by atoms with Crippen molar-refractivity contribution in [3.8, 4) is 5.75 Å². The fourth-order valence-electron chi connectivity index (χ4n) is 2.89. The van der Waals surface area contributed by atoms with E-state index in [1.807, 2.05) is 19.1 Å². The highest BCUT2D eigenvalue weighted by molar-refractivity contribution is 6.04. The molecule has 0 spiro atoms. The molecule has 5 nitrogen and oxygen atoms in total. The molecule has 23 heavy (non-hydrogen) atoms. The lowest BCUT2D eigenvalue weighted by atomic mass is 10.1. The van der Waals surface area contributed by atoms with Gasteiger partial charge >= 0.3 is 0 Å². The topological polar surface area (TPSA) is 67.4 Å². The van der Waals surface area contributed by atoms with Crippen molar-refractivity contribution in [1.29, 1.82) is 0 Å². The summed E-state index contributed by atoms with van der Waals surface area (Å²) in [6.45, 7) is 2.41. The van der Waals surface area contributed by atoms with E-state index < -0.39 is 0 Å². The molecule has 0 radical (unpaired) electrons. The molecule has 5 heteroatoms. The summed E-state index contributed by atoms with van der Waals surface area (Å²) in [5.41, 5.74) is 0.599. The molecular formula is C18H26N2O3. The van der Waals surface area contributed by atoms with E-state index in [2.05, 4.69) is 10.6 Å². The fourth-order valence-corrected chi connectivity index (χ4v) is 2.89. The molecule has 0 aliphatic heterocycles. The monoisotopic (exact) mass is 318 g/mol. The van der Waals surface area contributed by atoms with Gasteiger partial charge in [-0.2, -0.15) is 0 Å². The van der Waals surface area contributed by atoms with E-state index in [1.165, 1.54) is 12.8 Å². The summed E-state index contributed by atoms with van der Waals surface area (Å²) in [6.07, 6.45) is 6.65. The van der Waals surface area contributed by atoms with Crippen LogP contribution < -0.4 is 15.4 Å². The van der Waals surface area contributed by atoms with Crippen LogP contribution in [0.3, 0.4) is 0 Å². The average molecular weight is 318 g/mol. The second kappa shape index (κ2) is 9.18. The zero-order valence-electron chi connectivity index (χ0n) is 13.8. The molecule has 0 unspecified atom stereocenters. The molecule has 0 atom stereocenters. The maximum atomic E-state index is 12.1. The van der Waals surface area contributed by atoms with E-state index in [0.717, 1.165) is 25.7 Å². The van der Waals surface area contributed by atoms with Crippen LogP contribution in [0, 0.1) is 0 Å². The van der Waals surface area contributed by atoms with Gasteiger partial charge in [-0.1, -0.05) is 37.8 Å². The second-order valence-corrected chi connectivity index (χ2v) is 5.91. The molecule has 2 N–H and O–H groups in total. The summed E-state index contributed by atoms with van der Waals surface area (Å²) in [5, 5.41) is 5.74.